The molecule has 3 atom stereocenters. The third-order valence-electron chi connectivity index (χ3n) is 5.87. The van der Waals surface area contributed by atoms with Gasteiger partial charge >= 0.3 is 0 Å². The molecule has 1 amide bonds. The molecular weight excluding hydrogens is 322 g/mol. The van der Waals surface area contributed by atoms with Gasteiger partial charge in [0.2, 0.25) is 0 Å². The van der Waals surface area contributed by atoms with Crippen LogP contribution in [0.25, 0.3) is 0 Å². The highest BCUT2D eigenvalue weighted by molar-refractivity contribution is 7.90. The number of sulfone groups is 1. The van der Waals surface area contributed by atoms with E-state index in [9.17, 15) is 13.2 Å². The summed E-state index contributed by atoms with van der Waals surface area (Å²) in [6.07, 6.45) is 6.95. The number of piperidine rings is 1. The smallest absolute Gasteiger partial charge is 0.254 e. The molecule has 1 aliphatic carbocycles. The second kappa shape index (κ2) is 6.51. The molecule has 0 radical (unpaired) electrons. The molecule has 132 valence electrons. The van der Waals surface area contributed by atoms with Gasteiger partial charge in [0, 0.05) is 24.4 Å². The third kappa shape index (κ3) is 3.23. The quantitative estimate of drug-likeness (QED) is 0.822. The van der Waals surface area contributed by atoms with E-state index in [1.54, 1.807) is 18.2 Å². The molecule has 0 spiro atoms. The highest BCUT2D eigenvalue weighted by Gasteiger charge is 2.39. The number of fused-ring (bicyclic) bond motifs is 1. The van der Waals surface area contributed by atoms with Crippen molar-refractivity contribution in [1.29, 1.82) is 0 Å². The molecule has 1 aromatic carbocycles. The third-order valence-corrected chi connectivity index (χ3v) is 6.98. The summed E-state index contributed by atoms with van der Waals surface area (Å²) in [7, 11) is -3.31. The van der Waals surface area contributed by atoms with E-state index in [2.05, 4.69) is 6.92 Å². The first-order valence-corrected chi connectivity index (χ1v) is 10.8. The van der Waals surface area contributed by atoms with Crippen LogP contribution in [-0.4, -0.2) is 38.1 Å². The van der Waals surface area contributed by atoms with Gasteiger partial charge < -0.3 is 4.90 Å². The molecular formula is C19H27NO3S. The zero-order chi connectivity index (χ0) is 17.5. The van der Waals surface area contributed by atoms with Gasteiger partial charge in [-0.2, -0.15) is 0 Å². The van der Waals surface area contributed by atoms with Crippen LogP contribution in [0.4, 0.5) is 0 Å². The molecule has 2 aliphatic rings. The number of hydrogen-bond donors (Lipinski definition) is 0. The average molecular weight is 349 g/mol. The van der Waals surface area contributed by atoms with Crippen LogP contribution in [-0.2, 0) is 9.84 Å². The van der Waals surface area contributed by atoms with Crippen LogP contribution in [0.2, 0.25) is 0 Å². The molecule has 2 fully saturated rings. The lowest BCUT2D eigenvalue weighted by Gasteiger charge is -2.47. The van der Waals surface area contributed by atoms with E-state index in [1.807, 2.05) is 11.8 Å². The molecule has 4 nitrogen and oxygen atoms in total. The Kier molecular flexibility index (Phi) is 4.73. The molecule has 1 saturated carbocycles. The molecule has 0 bridgehead atoms. The van der Waals surface area contributed by atoms with Crippen LogP contribution in [0.3, 0.4) is 0 Å². The van der Waals surface area contributed by atoms with Gasteiger partial charge in [0.25, 0.3) is 5.91 Å². The Labute approximate surface area is 145 Å². The molecule has 24 heavy (non-hydrogen) atoms. The number of likely N-dealkylation sites (tertiary alicyclic amines) is 1. The number of carbonyl (C=O) groups is 1. The van der Waals surface area contributed by atoms with E-state index in [0.717, 1.165) is 24.9 Å². The second-order valence-electron chi connectivity index (χ2n) is 7.53. The van der Waals surface area contributed by atoms with Crippen LogP contribution in [0.5, 0.6) is 0 Å². The van der Waals surface area contributed by atoms with Crippen molar-refractivity contribution in [3.8, 4) is 0 Å². The van der Waals surface area contributed by atoms with Gasteiger partial charge in [0.05, 0.1) is 4.90 Å². The Morgan fingerprint density at radius 3 is 2.58 bits per heavy atom. The van der Waals surface area contributed by atoms with Gasteiger partial charge in [-0.05, 0) is 55.7 Å². The zero-order valence-corrected chi connectivity index (χ0v) is 15.6. The summed E-state index contributed by atoms with van der Waals surface area (Å²) < 4.78 is 23.7. The van der Waals surface area contributed by atoms with Crippen molar-refractivity contribution in [2.24, 2.45) is 11.8 Å². The summed E-state index contributed by atoms with van der Waals surface area (Å²) in [5.41, 5.74) is 1.38. The first-order valence-electron chi connectivity index (χ1n) is 8.90. The minimum atomic E-state index is -3.31. The number of hydrogen-bond acceptors (Lipinski definition) is 3. The SMILES string of the molecule is Cc1ccc(S(C)(=O)=O)cc1C(=O)N1CCC(C)C2CCCCC21. The summed E-state index contributed by atoms with van der Waals surface area (Å²) in [6, 6.07) is 5.21. The van der Waals surface area contributed by atoms with Crippen LogP contribution >= 0.6 is 0 Å². The first kappa shape index (κ1) is 17.5. The lowest BCUT2D eigenvalue weighted by atomic mass is 9.72. The topological polar surface area (TPSA) is 54.5 Å². The Morgan fingerprint density at radius 1 is 1.17 bits per heavy atom. The van der Waals surface area contributed by atoms with Gasteiger partial charge in [0.15, 0.2) is 9.84 Å². The molecule has 3 unspecified atom stereocenters. The minimum absolute atomic E-state index is 0.00167. The standard InChI is InChI=1S/C19H27NO3S/c1-13-8-9-15(24(3,22)23)12-17(13)19(21)20-11-10-14(2)16-6-4-5-7-18(16)20/h8-9,12,14,16,18H,4-7,10-11H2,1-3H3. The molecule has 1 saturated heterocycles. The van der Waals surface area contributed by atoms with Gasteiger partial charge in [-0.25, -0.2) is 8.42 Å². The number of aryl methyl sites for hydroxylation is 1. The second-order valence-corrected chi connectivity index (χ2v) is 9.54. The fourth-order valence-corrected chi connectivity index (χ4v) is 5.03. The summed E-state index contributed by atoms with van der Waals surface area (Å²) in [5.74, 6) is 1.26. The van der Waals surface area contributed by atoms with Crippen molar-refractivity contribution in [2.45, 2.75) is 56.9 Å². The number of benzene rings is 1. The fraction of sp³-hybridized carbons (Fsp3) is 0.632. The first-order chi connectivity index (χ1) is 11.3. The Bertz CT molecular complexity index is 741. The van der Waals surface area contributed by atoms with Crippen molar-refractivity contribution in [3.63, 3.8) is 0 Å². The van der Waals surface area contributed by atoms with Crippen molar-refractivity contribution >= 4 is 15.7 Å². The van der Waals surface area contributed by atoms with Crippen molar-refractivity contribution in [3.05, 3.63) is 29.3 Å². The van der Waals surface area contributed by atoms with Gasteiger partial charge in [-0.3, -0.25) is 4.79 Å². The van der Waals surface area contributed by atoms with Gasteiger partial charge in [-0.1, -0.05) is 25.8 Å². The van der Waals surface area contributed by atoms with Crippen LogP contribution in [0.15, 0.2) is 23.1 Å². The Balaban J connectivity index is 1.94. The summed E-state index contributed by atoms with van der Waals surface area (Å²) in [5, 5.41) is 0. The maximum absolute atomic E-state index is 13.2. The van der Waals surface area contributed by atoms with Crippen molar-refractivity contribution in [2.75, 3.05) is 12.8 Å². The molecule has 5 heteroatoms. The zero-order valence-electron chi connectivity index (χ0n) is 14.8. The highest BCUT2D eigenvalue weighted by Crippen LogP contribution is 2.39. The molecule has 0 N–H and O–H groups in total. The summed E-state index contributed by atoms with van der Waals surface area (Å²) >= 11 is 0. The maximum atomic E-state index is 13.2. The molecule has 1 aliphatic heterocycles. The number of carbonyl (C=O) groups excluding carboxylic acids is 1. The number of nitrogens with zero attached hydrogens (tertiary/aromatic N) is 1. The lowest BCUT2D eigenvalue weighted by molar-refractivity contribution is 0.0217. The molecule has 3 rings (SSSR count). The molecule has 1 heterocycles. The predicted molar refractivity (Wildman–Crippen MR) is 94.9 cm³/mol. The van der Waals surface area contributed by atoms with E-state index >= 15 is 0 Å². The van der Waals surface area contributed by atoms with Crippen LogP contribution < -0.4 is 0 Å². The van der Waals surface area contributed by atoms with Crippen LogP contribution in [0.1, 0.15) is 54.9 Å². The van der Waals surface area contributed by atoms with E-state index < -0.39 is 9.84 Å². The van der Waals surface area contributed by atoms with Crippen molar-refractivity contribution < 1.29 is 13.2 Å². The Morgan fingerprint density at radius 2 is 1.88 bits per heavy atom. The van der Waals surface area contributed by atoms with Crippen molar-refractivity contribution in [1.82, 2.24) is 4.90 Å². The summed E-state index contributed by atoms with van der Waals surface area (Å²) in [4.78, 5) is 15.4. The predicted octanol–water partition coefficient (Wildman–Crippen LogP) is 3.44. The lowest BCUT2D eigenvalue weighted by Crippen LogP contribution is -2.52. The average Bonchev–Trinajstić information content (AvgIpc) is 2.54. The maximum Gasteiger partial charge on any atom is 0.254 e. The minimum Gasteiger partial charge on any atom is -0.335 e. The monoisotopic (exact) mass is 349 g/mol. The van der Waals surface area contributed by atoms with Gasteiger partial charge in [0.1, 0.15) is 0 Å². The largest absolute Gasteiger partial charge is 0.335 e. The molecule has 0 aromatic heterocycles. The van der Waals surface area contributed by atoms with E-state index in [-0.39, 0.29) is 10.8 Å². The Hall–Kier alpha value is -1.36. The van der Waals surface area contributed by atoms with E-state index in [0.29, 0.717) is 23.4 Å². The number of rotatable bonds is 2. The normalized spacial score (nSPS) is 27.6. The number of amides is 1. The van der Waals surface area contributed by atoms with Gasteiger partial charge in [-0.15, -0.1) is 0 Å². The summed E-state index contributed by atoms with van der Waals surface area (Å²) in [6.45, 7) is 4.97. The van der Waals surface area contributed by atoms with Crippen LogP contribution in [0, 0.1) is 18.8 Å². The molecule has 1 aromatic rings. The van der Waals surface area contributed by atoms with E-state index in [4.69, 9.17) is 0 Å². The van der Waals surface area contributed by atoms with E-state index in [1.165, 1.54) is 25.5 Å². The highest BCUT2D eigenvalue weighted by atomic mass is 32.2. The fourth-order valence-electron chi connectivity index (χ4n) is 4.38.